The number of rotatable bonds is 55. The van der Waals surface area contributed by atoms with Gasteiger partial charge in [0.05, 0.1) is 38.6 Å². The number of ether oxygens (including phenoxy) is 6. The molecule has 0 aromatic heterocycles. The minimum Gasteiger partial charge on any atom is -0.394 e. The monoisotopic (exact) mass is 1360 g/mol. The lowest BCUT2D eigenvalue weighted by atomic mass is 9.96. The van der Waals surface area contributed by atoms with Crippen LogP contribution < -0.4 is 5.32 Å². The average molecular weight is 1360 g/mol. The highest BCUT2D eigenvalue weighted by Crippen LogP contribution is 2.33. The summed E-state index contributed by atoms with van der Waals surface area (Å²) in [6, 6.07) is -1.00. The number of aliphatic hydroxyl groups excluding tert-OH is 11. The molecule has 0 radical (unpaired) electrons. The normalized spacial score (nSPS) is 27.8. The van der Waals surface area contributed by atoms with E-state index in [0.717, 1.165) is 103 Å². The molecule has 17 unspecified atom stereocenters. The number of carbonyl (C=O) groups excluding carboxylic acids is 1. The molecule has 0 aliphatic carbocycles. The number of allylic oxidation sites excluding steroid dienone is 19. The molecule has 19 heteroatoms. The first-order valence-electron chi connectivity index (χ1n) is 36.8. The van der Waals surface area contributed by atoms with Crippen molar-refractivity contribution in [1.82, 2.24) is 5.32 Å². The van der Waals surface area contributed by atoms with Crippen LogP contribution in [0.5, 0.6) is 0 Å². The maximum atomic E-state index is 13.4. The van der Waals surface area contributed by atoms with Gasteiger partial charge >= 0.3 is 0 Å². The third-order valence-corrected chi connectivity index (χ3v) is 17.5. The van der Waals surface area contributed by atoms with Gasteiger partial charge in [0.1, 0.15) is 73.2 Å². The van der Waals surface area contributed by atoms with Crippen molar-refractivity contribution in [2.75, 3.05) is 26.4 Å². The van der Waals surface area contributed by atoms with E-state index in [4.69, 9.17) is 28.4 Å². The molecule has 0 spiro atoms. The van der Waals surface area contributed by atoms with Crippen LogP contribution in [0.15, 0.2) is 122 Å². The van der Waals surface area contributed by atoms with Crippen molar-refractivity contribution in [3.05, 3.63) is 122 Å². The van der Waals surface area contributed by atoms with Gasteiger partial charge in [-0.05, 0) is 103 Å². The molecule has 3 saturated heterocycles. The number of aliphatic hydroxyl groups is 11. The van der Waals surface area contributed by atoms with Crippen molar-refractivity contribution in [2.24, 2.45) is 0 Å². The van der Waals surface area contributed by atoms with Gasteiger partial charge < -0.3 is 89.9 Å². The first kappa shape index (κ1) is 86.4. The Morgan fingerprint density at radius 3 is 1.17 bits per heavy atom. The minimum atomic E-state index is -1.99. The molecule has 550 valence electrons. The predicted molar refractivity (Wildman–Crippen MR) is 378 cm³/mol. The lowest BCUT2D eigenvalue weighted by Crippen LogP contribution is -2.66. The first-order valence-corrected chi connectivity index (χ1v) is 36.8. The summed E-state index contributed by atoms with van der Waals surface area (Å²) in [5.74, 6) is -0.295. The second-order valence-electron chi connectivity index (χ2n) is 25.6. The van der Waals surface area contributed by atoms with Crippen LogP contribution in [0.2, 0.25) is 0 Å². The van der Waals surface area contributed by atoms with Gasteiger partial charge in [-0.2, -0.15) is 0 Å². The lowest BCUT2D eigenvalue weighted by Gasteiger charge is -2.48. The van der Waals surface area contributed by atoms with E-state index in [0.29, 0.717) is 12.8 Å². The highest BCUT2D eigenvalue weighted by Gasteiger charge is 2.53. The zero-order valence-electron chi connectivity index (χ0n) is 58.3. The molecule has 17 atom stereocenters. The number of hydrogen-bond donors (Lipinski definition) is 12. The van der Waals surface area contributed by atoms with Gasteiger partial charge in [-0.15, -0.1) is 0 Å². The van der Waals surface area contributed by atoms with Gasteiger partial charge in [0, 0.05) is 6.42 Å². The van der Waals surface area contributed by atoms with E-state index >= 15 is 0 Å². The molecule has 0 bridgehead atoms. The van der Waals surface area contributed by atoms with Crippen LogP contribution >= 0.6 is 0 Å². The number of nitrogens with one attached hydrogen (secondary N) is 1. The number of unbranched alkanes of at least 4 members (excludes halogenated alkanes) is 21. The lowest BCUT2D eigenvalue weighted by molar-refractivity contribution is -0.379. The molecule has 3 fully saturated rings. The molecule has 12 N–H and O–H groups in total. The SMILES string of the molecule is CC/C=C\C/C=C\C/C=C\C/C=C\C/C=C\C/C=C\C/C=C\CCCCCCCCCCCCCCCCCC(=O)NC(COC1OC(CO)C(OC2OC(CO)C(OC3OC(CO)C(O)C(O)C3O)C(O)C2O)C(O)C1O)C(O)/C=C/CC/C=C/CC/C=C/CCCCCC. The molecule has 3 rings (SSSR count). The van der Waals surface area contributed by atoms with Gasteiger partial charge in [-0.25, -0.2) is 0 Å². The molecule has 1 amide bonds. The molecule has 19 nitrogen and oxygen atoms in total. The first-order chi connectivity index (χ1) is 46.8. The van der Waals surface area contributed by atoms with E-state index in [2.05, 4.69) is 129 Å². The highest BCUT2D eigenvalue weighted by atomic mass is 16.8. The number of carbonyl (C=O) groups is 1. The Labute approximate surface area is 576 Å². The second kappa shape index (κ2) is 56.9. The van der Waals surface area contributed by atoms with Gasteiger partial charge in [-0.3, -0.25) is 4.79 Å². The second-order valence-corrected chi connectivity index (χ2v) is 25.6. The Bertz CT molecular complexity index is 2210. The van der Waals surface area contributed by atoms with Crippen LogP contribution in [-0.2, 0) is 33.2 Å². The molecule has 3 heterocycles. The van der Waals surface area contributed by atoms with Crippen molar-refractivity contribution in [3.8, 4) is 0 Å². The maximum absolute atomic E-state index is 13.4. The number of hydrogen-bond acceptors (Lipinski definition) is 18. The molecule has 3 aliphatic rings. The van der Waals surface area contributed by atoms with Crippen LogP contribution in [0.1, 0.15) is 226 Å². The van der Waals surface area contributed by atoms with Gasteiger partial charge in [0.2, 0.25) is 5.91 Å². The molecule has 0 aromatic carbocycles. The molecule has 0 saturated carbocycles. The highest BCUT2D eigenvalue weighted by molar-refractivity contribution is 5.76. The van der Waals surface area contributed by atoms with Crippen LogP contribution in [0, 0.1) is 0 Å². The van der Waals surface area contributed by atoms with Gasteiger partial charge in [0.15, 0.2) is 18.9 Å². The molecular formula is C77H129NO18. The fourth-order valence-electron chi connectivity index (χ4n) is 11.6. The Hall–Kier alpha value is -3.81. The summed E-state index contributed by atoms with van der Waals surface area (Å²) in [6.07, 6.45) is 51.9. The van der Waals surface area contributed by atoms with Crippen LogP contribution in [-0.4, -0.2) is 193 Å². The predicted octanol–water partition coefficient (Wildman–Crippen LogP) is 10.8. The zero-order valence-corrected chi connectivity index (χ0v) is 58.3. The maximum Gasteiger partial charge on any atom is 0.220 e. The largest absolute Gasteiger partial charge is 0.394 e. The van der Waals surface area contributed by atoms with Gasteiger partial charge in [0.25, 0.3) is 0 Å². The zero-order chi connectivity index (χ0) is 69.6. The quantitative estimate of drug-likeness (QED) is 0.0199. The smallest absolute Gasteiger partial charge is 0.220 e. The summed E-state index contributed by atoms with van der Waals surface area (Å²) in [4.78, 5) is 13.4. The third-order valence-electron chi connectivity index (χ3n) is 17.5. The standard InChI is InChI=1S/C77H129NO18/c1-3-5-7-9-11-13-15-17-19-20-21-22-23-24-25-26-27-28-29-30-31-32-33-34-35-36-37-38-39-40-41-43-45-47-49-51-53-55-65(83)78-60(61(82)54-52-50-48-46-44-42-18-16-14-12-10-8-6-4-2)59-91-75-71(89)68(86)73(63(57-80)93-75)96-77-72(90)69(87)74(64(58-81)94-77)95-76-70(88)67(85)66(84)62(56-79)92-76/h5,7,11,13-14,16-17,19,21-22,24-25,27-28,30-31,44,46,52,54,60-64,66-77,79-82,84-90H,3-4,6,8-10,12,15,18,20,23,26,29,32-43,45,47-51,53,55-59H2,1-2H3,(H,78,83)/b7-5-,13-11-,16-14+,19-17-,22-21-,25-24-,28-27-,31-30-,46-44+,54-52+. The summed E-state index contributed by atoms with van der Waals surface area (Å²) < 4.78 is 34.3. The Balaban J connectivity index is 1.34. The van der Waals surface area contributed by atoms with Crippen molar-refractivity contribution < 1.29 is 89.4 Å². The third kappa shape index (κ3) is 37.6. The van der Waals surface area contributed by atoms with E-state index in [1.54, 1.807) is 6.08 Å². The Morgan fingerprint density at radius 2 is 0.729 bits per heavy atom. The van der Waals surface area contributed by atoms with Crippen LogP contribution in [0.25, 0.3) is 0 Å². The fourth-order valence-corrected chi connectivity index (χ4v) is 11.6. The summed E-state index contributed by atoms with van der Waals surface area (Å²) in [7, 11) is 0. The van der Waals surface area contributed by atoms with Crippen molar-refractivity contribution in [2.45, 2.75) is 330 Å². The van der Waals surface area contributed by atoms with Crippen molar-refractivity contribution in [3.63, 3.8) is 0 Å². The minimum absolute atomic E-state index is 0.225. The average Bonchev–Trinajstić information content (AvgIpc) is 0.787. The summed E-state index contributed by atoms with van der Waals surface area (Å²) in [6.45, 7) is 1.55. The summed E-state index contributed by atoms with van der Waals surface area (Å²) in [5.41, 5.74) is 0. The molecule has 3 aliphatic heterocycles. The molecule has 96 heavy (non-hydrogen) atoms. The van der Waals surface area contributed by atoms with Crippen molar-refractivity contribution in [1.29, 1.82) is 0 Å². The molecular weight excluding hydrogens is 1230 g/mol. The van der Waals surface area contributed by atoms with E-state index in [-0.39, 0.29) is 18.9 Å². The van der Waals surface area contributed by atoms with Crippen LogP contribution in [0.4, 0.5) is 0 Å². The van der Waals surface area contributed by atoms with Crippen molar-refractivity contribution >= 4 is 5.91 Å². The van der Waals surface area contributed by atoms with Gasteiger partial charge in [-0.1, -0.05) is 238 Å². The Morgan fingerprint density at radius 1 is 0.385 bits per heavy atom. The summed E-state index contributed by atoms with van der Waals surface area (Å²) >= 11 is 0. The summed E-state index contributed by atoms with van der Waals surface area (Å²) in [5, 5.41) is 120. The topological polar surface area (TPSA) is 307 Å². The van der Waals surface area contributed by atoms with Crippen LogP contribution in [0.3, 0.4) is 0 Å². The van der Waals surface area contributed by atoms with E-state index < -0.39 is 124 Å². The van der Waals surface area contributed by atoms with E-state index in [1.807, 2.05) is 6.08 Å². The molecule has 0 aromatic rings. The van der Waals surface area contributed by atoms with E-state index in [1.165, 1.54) is 89.9 Å². The van der Waals surface area contributed by atoms with E-state index in [9.17, 15) is 61.0 Å². The number of amides is 1. The fraction of sp³-hybridized carbons (Fsp3) is 0.727. The Kier molecular flexibility index (Phi) is 51.2.